The van der Waals surface area contributed by atoms with Gasteiger partial charge in [-0.2, -0.15) is 0 Å². The minimum Gasteiger partial charge on any atom is -0.347 e. The number of amides is 1. The summed E-state index contributed by atoms with van der Waals surface area (Å²) >= 11 is 0. The van der Waals surface area contributed by atoms with Crippen LogP contribution in [0.2, 0.25) is 0 Å². The van der Waals surface area contributed by atoms with Crippen molar-refractivity contribution in [1.29, 1.82) is 0 Å². The smallest absolute Gasteiger partial charge is 0.347 e. The van der Waals surface area contributed by atoms with Crippen LogP contribution in [0.5, 0.6) is 0 Å². The molecular weight excluding hydrogens is 341 g/mol. The van der Waals surface area contributed by atoms with Crippen LogP contribution >= 0.6 is 7.82 Å². The van der Waals surface area contributed by atoms with Crippen molar-refractivity contribution in [3.8, 4) is 0 Å². The Kier molecular flexibility index (Phi) is 10.7. The maximum Gasteiger partial charge on any atom is 0.469 e. The van der Waals surface area contributed by atoms with Crippen molar-refractivity contribution in [2.75, 3.05) is 6.61 Å². The quantitative estimate of drug-likeness (QED) is 0.358. The number of rotatable bonds is 13. The number of phosphoric ester groups is 1. The molecule has 0 bridgehead atoms. The van der Waals surface area contributed by atoms with Crippen molar-refractivity contribution in [3.63, 3.8) is 0 Å². The van der Waals surface area contributed by atoms with E-state index in [9.17, 15) is 9.36 Å². The standard InChI is InChI=1S/C18H30NO5P/c1-2-3-4-5-6-7-11-14-18(20)19-17(15-24-25(21,22)23)16-12-9-8-10-13-16/h8-10,12-13,17H,2-7,11,14-15H2,1H3,(H,19,20)(H2,21,22,23)/t17-/m0/s1. The Hall–Kier alpha value is -1.20. The number of nitrogens with one attached hydrogen (secondary N) is 1. The molecule has 1 aromatic carbocycles. The van der Waals surface area contributed by atoms with Crippen LogP contribution in [0.1, 0.15) is 69.9 Å². The first kappa shape index (κ1) is 21.8. The first-order chi connectivity index (χ1) is 11.9. The van der Waals surface area contributed by atoms with Gasteiger partial charge in [0.1, 0.15) is 0 Å². The Bertz CT molecular complexity index is 532. The second-order valence-electron chi connectivity index (χ2n) is 6.19. The summed E-state index contributed by atoms with van der Waals surface area (Å²) in [5.41, 5.74) is 0.754. The fourth-order valence-corrected chi connectivity index (χ4v) is 2.93. The zero-order valence-electron chi connectivity index (χ0n) is 14.9. The van der Waals surface area contributed by atoms with E-state index >= 15 is 0 Å². The minimum absolute atomic E-state index is 0.128. The van der Waals surface area contributed by atoms with Gasteiger partial charge < -0.3 is 15.1 Å². The SMILES string of the molecule is CCCCCCCCCC(=O)N[C@@H](COP(=O)(O)O)c1ccccc1. The molecule has 0 saturated heterocycles. The first-order valence-electron chi connectivity index (χ1n) is 8.96. The van der Waals surface area contributed by atoms with Crippen molar-refractivity contribution in [3.05, 3.63) is 35.9 Å². The summed E-state index contributed by atoms with van der Waals surface area (Å²) in [5, 5.41) is 2.81. The summed E-state index contributed by atoms with van der Waals surface area (Å²) in [4.78, 5) is 29.9. The third kappa shape index (κ3) is 11.1. The van der Waals surface area contributed by atoms with Gasteiger partial charge in [0, 0.05) is 6.42 Å². The lowest BCUT2D eigenvalue weighted by Gasteiger charge is -2.19. The van der Waals surface area contributed by atoms with Gasteiger partial charge in [-0.15, -0.1) is 0 Å². The number of benzene rings is 1. The van der Waals surface area contributed by atoms with E-state index in [1.165, 1.54) is 25.7 Å². The topological polar surface area (TPSA) is 95.9 Å². The summed E-state index contributed by atoms with van der Waals surface area (Å²) in [6.45, 7) is 1.92. The molecular formula is C18H30NO5P. The molecule has 1 amide bonds. The van der Waals surface area contributed by atoms with Crippen molar-refractivity contribution in [2.24, 2.45) is 0 Å². The number of carbonyl (C=O) groups excluding carboxylic acids is 1. The van der Waals surface area contributed by atoms with Crippen molar-refractivity contribution in [2.45, 2.75) is 64.3 Å². The fraction of sp³-hybridized carbons (Fsp3) is 0.611. The average molecular weight is 371 g/mol. The lowest BCUT2D eigenvalue weighted by molar-refractivity contribution is -0.122. The van der Waals surface area contributed by atoms with Gasteiger partial charge in [0.05, 0.1) is 12.6 Å². The van der Waals surface area contributed by atoms with Crippen LogP contribution in [0, 0.1) is 0 Å². The minimum atomic E-state index is -4.57. The largest absolute Gasteiger partial charge is 0.469 e. The molecule has 0 aliphatic rings. The fourth-order valence-electron chi connectivity index (χ4n) is 2.59. The highest BCUT2D eigenvalue weighted by atomic mass is 31.2. The molecule has 1 atom stereocenters. The van der Waals surface area contributed by atoms with Gasteiger partial charge in [-0.05, 0) is 12.0 Å². The van der Waals surface area contributed by atoms with Crippen LogP contribution in [-0.2, 0) is 13.9 Å². The molecule has 7 heteroatoms. The number of carbonyl (C=O) groups is 1. The molecule has 3 N–H and O–H groups in total. The zero-order chi connectivity index (χ0) is 18.5. The first-order valence-corrected chi connectivity index (χ1v) is 10.5. The van der Waals surface area contributed by atoms with Crippen LogP contribution in [0.15, 0.2) is 30.3 Å². The van der Waals surface area contributed by atoms with E-state index in [-0.39, 0.29) is 12.5 Å². The van der Waals surface area contributed by atoms with Crippen LogP contribution in [0.25, 0.3) is 0 Å². The third-order valence-corrected chi connectivity index (χ3v) is 4.44. The highest BCUT2D eigenvalue weighted by Crippen LogP contribution is 2.37. The Labute approximate surface area is 150 Å². The monoisotopic (exact) mass is 371 g/mol. The van der Waals surface area contributed by atoms with Gasteiger partial charge in [0.15, 0.2) is 0 Å². The lowest BCUT2D eigenvalue weighted by atomic mass is 10.1. The molecule has 0 heterocycles. The normalized spacial score (nSPS) is 12.8. The zero-order valence-corrected chi connectivity index (χ0v) is 15.8. The van der Waals surface area contributed by atoms with Crippen molar-refractivity contribution >= 4 is 13.7 Å². The highest BCUT2D eigenvalue weighted by molar-refractivity contribution is 7.46. The lowest BCUT2D eigenvalue weighted by Crippen LogP contribution is -2.31. The van der Waals surface area contributed by atoms with Gasteiger partial charge in [0.2, 0.25) is 5.91 Å². The Morgan fingerprint density at radius 2 is 1.68 bits per heavy atom. The van der Waals surface area contributed by atoms with Crippen LogP contribution in [0.3, 0.4) is 0 Å². The molecule has 0 unspecified atom stereocenters. The predicted molar refractivity (Wildman–Crippen MR) is 97.9 cm³/mol. The number of hydrogen-bond donors (Lipinski definition) is 3. The summed E-state index contributed by atoms with van der Waals surface area (Å²) in [5.74, 6) is -0.128. The van der Waals surface area contributed by atoms with E-state index < -0.39 is 13.9 Å². The van der Waals surface area contributed by atoms with Gasteiger partial charge in [-0.25, -0.2) is 4.57 Å². The van der Waals surface area contributed by atoms with E-state index in [1.807, 2.05) is 18.2 Å². The molecule has 0 radical (unpaired) electrons. The Morgan fingerprint density at radius 1 is 1.08 bits per heavy atom. The van der Waals surface area contributed by atoms with E-state index in [1.54, 1.807) is 12.1 Å². The van der Waals surface area contributed by atoms with Crippen LogP contribution in [-0.4, -0.2) is 22.3 Å². The summed E-state index contributed by atoms with van der Waals surface area (Å²) in [6.07, 6.45) is 8.32. The van der Waals surface area contributed by atoms with Crippen LogP contribution < -0.4 is 5.32 Å². The van der Waals surface area contributed by atoms with E-state index in [0.717, 1.165) is 24.8 Å². The molecule has 1 aromatic rings. The molecule has 0 saturated carbocycles. The second kappa shape index (κ2) is 12.2. The molecule has 1 rings (SSSR count). The predicted octanol–water partition coefficient (Wildman–Crippen LogP) is 4.09. The van der Waals surface area contributed by atoms with Gasteiger partial charge >= 0.3 is 7.82 Å². The van der Waals surface area contributed by atoms with Crippen LogP contribution in [0.4, 0.5) is 0 Å². The molecule has 0 spiro atoms. The summed E-state index contributed by atoms with van der Waals surface area (Å²) in [7, 11) is -4.57. The maximum absolute atomic E-state index is 12.1. The van der Waals surface area contributed by atoms with Crippen molar-refractivity contribution < 1.29 is 23.7 Å². The van der Waals surface area contributed by atoms with Gasteiger partial charge in [-0.1, -0.05) is 75.8 Å². The molecule has 6 nitrogen and oxygen atoms in total. The van der Waals surface area contributed by atoms with E-state index in [4.69, 9.17) is 9.79 Å². The Morgan fingerprint density at radius 3 is 2.28 bits per heavy atom. The number of hydrogen-bond acceptors (Lipinski definition) is 3. The molecule has 0 aromatic heterocycles. The Balaban J connectivity index is 2.40. The third-order valence-electron chi connectivity index (χ3n) is 3.95. The van der Waals surface area contributed by atoms with Crippen molar-refractivity contribution in [1.82, 2.24) is 5.32 Å². The molecule has 25 heavy (non-hydrogen) atoms. The van der Waals surface area contributed by atoms with Gasteiger partial charge in [-0.3, -0.25) is 9.32 Å². The molecule has 0 aliphatic carbocycles. The second-order valence-corrected chi connectivity index (χ2v) is 7.43. The van der Waals surface area contributed by atoms with E-state index in [2.05, 4.69) is 16.8 Å². The number of unbranched alkanes of at least 4 members (excludes halogenated alkanes) is 6. The highest BCUT2D eigenvalue weighted by Gasteiger charge is 2.20. The maximum atomic E-state index is 12.1. The summed E-state index contributed by atoms with van der Waals surface area (Å²) < 4.78 is 15.5. The molecule has 0 aliphatic heterocycles. The molecule has 142 valence electrons. The molecule has 0 fully saturated rings. The van der Waals surface area contributed by atoms with Gasteiger partial charge in [0.25, 0.3) is 0 Å². The summed E-state index contributed by atoms with van der Waals surface area (Å²) in [6, 6.07) is 8.46. The van der Waals surface area contributed by atoms with E-state index in [0.29, 0.717) is 6.42 Å². The average Bonchev–Trinajstić information content (AvgIpc) is 2.58. The number of phosphoric acid groups is 1.